The van der Waals surface area contributed by atoms with Crippen molar-refractivity contribution in [2.75, 3.05) is 13.1 Å². The van der Waals surface area contributed by atoms with Gasteiger partial charge in [-0.15, -0.1) is 0 Å². The molecule has 3 rings (SSSR count). The van der Waals surface area contributed by atoms with Crippen molar-refractivity contribution in [3.63, 3.8) is 0 Å². The SMILES string of the molecule is Cc1c(C(=O)N2C[C@H](C(=O)O)[C@@H](C3CC3)C2)cnn1C(C)C. The maximum absolute atomic E-state index is 12.7. The molecular formula is C16H23N3O3. The van der Waals surface area contributed by atoms with E-state index in [4.69, 9.17) is 0 Å². The fourth-order valence-corrected chi connectivity index (χ4v) is 3.58. The normalized spacial score (nSPS) is 25.0. The third-order valence-electron chi connectivity index (χ3n) is 4.96. The highest BCUT2D eigenvalue weighted by Gasteiger charge is 2.47. The second-order valence-electron chi connectivity index (χ2n) is 6.84. The van der Waals surface area contributed by atoms with Crippen LogP contribution in [0.2, 0.25) is 0 Å². The molecule has 2 heterocycles. The standard InChI is InChI=1S/C16H23N3O3/c1-9(2)19-10(3)12(6-17-19)15(20)18-7-13(11-4-5-11)14(8-18)16(21)22/h6,9,11,13-14H,4-5,7-8H2,1-3H3,(H,21,22)/t13-,14+/m1/s1. The quantitative estimate of drug-likeness (QED) is 0.922. The Labute approximate surface area is 130 Å². The third-order valence-corrected chi connectivity index (χ3v) is 4.96. The summed E-state index contributed by atoms with van der Waals surface area (Å²) in [5.41, 5.74) is 1.44. The van der Waals surface area contributed by atoms with Crippen LogP contribution in [0.5, 0.6) is 0 Å². The van der Waals surface area contributed by atoms with Gasteiger partial charge in [0.2, 0.25) is 0 Å². The molecule has 1 saturated carbocycles. The molecule has 2 atom stereocenters. The number of aliphatic carboxylic acids is 1. The molecular weight excluding hydrogens is 282 g/mol. The second kappa shape index (κ2) is 5.41. The van der Waals surface area contributed by atoms with Gasteiger partial charge < -0.3 is 10.0 Å². The van der Waals surface area contributed by atoms with Gasteiger partial charge in [0.05, 0.1) is 17.7 Å². The molecule has 2 aliphatic rings. The summed E-state index contributed by atoms with van der Waals surface area (Å²) in [5.74, 6) is -0.683. The van der Waals surface area contributed by atoms with Crippen LogP contribution >= 0.6 is 0 Å². The van der Waals surface area contributed by atoms with Gasteiger partial charge >= 0.3 is 5.97 Å². The molecule has 1 saturated heterocycles. The number of rotatable bonds is 4. The number of aromatic nitrogens is 2. The van der Waals surface area contributed by atoms with E-state index in [2.05, 4.69) is 5.10 Å². The first-order chi connectivity index (χ1) is 10.4. The van der Waals surface area contributed by atoms with Crippen LogP contribution < -0.4 is 0 Å². The summed E-state index contributed by atoms with van der Waals surface area (Å²) in [5, 5.41) is 13.7. The van der Waals surface area contributed by atoms with Crippen molar-refractivity contribution in [3.05, 3.63) is 17.5 Å². The molecule has 1 N–H and O–H groups in total. The molecule has 2 fully saturated rings. The van der Waals surface area contributed by atoms with Crippen LogP contribution in [0.25, 0.3) is 0 Å². The Morgan fingerprint density at radius 1 is 1.32 bits per heavy atom. The Morgan fingerprint density at radius 3 is 2.50 bits per heavy atom. The fourth-order valence-electron chi connectivity index (χ4n) is 3.58. The summed E-state index contributed by atoms with van der Waals surface area (Å²) in [6.07, 6.45) is 3.81. The van der Waals surface area contributed by atoms with Gasteiger partial charge in [-0.3, -0.25) is 14.3 Å². The minimum absolute atomic E-state index is 0.0844. The summed E-state index contributed by atoms with van der Waals surface area (Å²) in [6, 6.07) is 0.200. The van der Waals surface area contributed by atoms with Crippen molar-refractivity contribution >= 4 is 11.9 Å². The molecule has 1 amide bonds. The number of nitrogens with zero attached hydrogens (tertiary/aromatic N) is 3. The largest absolute Gasteiger partial charge is 0.481 e. The number of likely N-dealkylation sites (tertiary alicyclic amines) is 1. The van der Waals surface area contributed by atoms with Crippen LogP contribution in [0.15, 0.2) is 6.20 Å². The second-order valence-corrected chi connectivity index (χ2v) is 6.84. The number of carboxylic acid groups (broad SMARTS) is 1. The third kappa shape index (κ3) is 2.51. The Kier molecular flexibility index (Phi) is 3.70. The molecule has 120 valence electrons. The first kappa shape index (κ1) is 15.1. The zero-order valence-electron chi connectivity index (χ0n) is 13.3. The van der Waals surface area contributed by atoms with Gasteiger partial charge in [0, 0.05) is 24.8 Å². The van der Waals surface area contributed by atoms with Crippen molar-refractivity contribution in [1.82, 2.24) is 14.7 Å². The number of amides is 1. The molecule has 1 aromatic rings. The van der Waals surface area contributed by atoms with E-state index in [0.29, 0.717) is 24.6 Å². The van der Waals surface area contributed by atoms with Gasteiger partial charge in [-0.25, -0.2) is 0 Å². The van der Waals surface area contributed by atoms with Crippen molar-refractivity contribution in [2.24, 2.45) is 17.8 Å². The maximum Gasteiger partial charge on any atom is 0.308 e. The topological polar surface area (TPSA) is 75.4 Å². The van der Waals surface area contributed by atoms with E-state index in [9.17, 15) is 14.7 Å². The molecule has 0 aromatic carbocycles. The molecule has 0 radical (unpaired) electrons. The summed E-state index contributed by atoms with van der Waals surface area (Å²) in [7, 11) is 0. The van der Waals surface area contributed by atoms with Gasteiger partial charge in [0.25, 0.3) is 5.91 Å². The summed E-state index contributed by atoms with van der Waals surface area (Å²) in [4.78, 5) is 25.9. The fraction of sp³-hybridized carbons (Fsp3) is 0.688. The molecule has 1 aromatic heterocycles. The average molecular weight is 305 g/mol. The van der Waals surface area contributed by atoms with Gasteiger partial charge in [-0.05, 0) is 45.4 Å². The summed E-state index contributed by atoms with van der Waals surface area (Å²) >= 11 is 0. The molecule has 6 heteroatoms. The number of carboxylic acids is 1. The lowest BCUT2D eigenvalue weighted by atomic mass is 9.92. The Morgan fingerprint density at radius 2 is 2.00 bits per heavy atom. The number of carbonyl (C=O) groups excluding carboxylic acids is 1. The van der Waals surface area contributed by atoms with Crippen molar-refractivity contribution in [2.45, 2.75) is 39.7 Å². The maximum atomic E-state index is 12.7. The first-order valence-electron chi connectivity index (χ1n) is 7.96. The van der Waals surface area contributed by atoms with E-state index < -0.39 is 11.9 Å². The summed E-state index contributed by atoms with van der Waals surface area (Å²) < 4.78 is 1.83. The van der Waals surface area contributed by atoms with E-state index in [0.717, 1.165) is 18.5 Å². The predicted octanol–water partition coefficient (Wildman–Crippen LogP) is 1.96. The van der Waals surface area contributed by atoms with Crippen LogP contribution in [0.4, 0.5) is 0 Å². The smallest absolute Gasteiger partial charge is 0.308 e. The molecule has 0 unspecified atom stereocenters. The van der Waals surface area contributed by atoms with Crippen molar-refractivity contribution in [3.8, 4) is 0 Å². The van der Waals surface area contributed by atoms with E-state index in [1.54, 1.807) is 11.1 Å². The molecule has 1 aliphatic heterocycles. The average Bonchev–Trinajstić information content (AvgIpc) is 3.07. The van der Waals surface area contributed by atoms with Crippen molar-refractivity contribution in [1.29, 1.82) is 0 Å². The zero-order chi connectivity index (χ0) is 16.0. The number of hydrogen-bond acceptors (Lipinski definition) is 3. The molecule has 1 aliphatic carbocycles. The highest BCUT2D eigenvalue weighted by atomic mass is 16.4. The predicted molar refractivity (Wildman–Crippen MR) is 80.6 cm³/mol. The van der Waals surface area contributed by atoms with Gasteiger partial charge in [-0.2, -0.15) is 5.10 Å². The van der Waals surface area contributed by atoms with Gasteiger partial charge in [0.15, 0.2) is 0 Å². The molecule has 0 spiro atoms. The van der Waals surface area contributed by atoms with Crippen molar-refractivity contribution < 1.29 is 14.7 Å². The van der Waals surface area contributed by atoms with E-state index in [-0.39, 0.29) is 17.9 Å². The number of carbonyl (C=O) groups is 2. The summed E-state index contributed by atoms with van der Waals surface area (Å²) in [6.45, 7) is 6.82. The Bertz CT molecular complexity index is 604. The highest BCUT2D eigenvalue weighted by molar-refractivity contribution is 5.95. The zero-order valence-corrected chi connectivity index (χ0v) is 13.3. The van der Waals surface area contributed by atoms with Gasteiger partial charge in [0.1, 0.15) is 0 Å². The highest BCUT2D eigenvalue weighted by Crippen LogP contribution is 2.44. The lowest BCUT2D eigenvalue weighted by Crippen LogP contribution is -2.30. The van der Waals surface area contributed by atoms with Crippen LogP contribution in [-0.2, 0) is 4.79 Å². The van der Waals surface area contributed by atoms with Crippen LogP contribution in [0.3, 0.4) is 0 Å². The lowest BCUT2D eigenvalue weighted by Gasteiger charge is -2.16. The minimum Gasteiger partial charge on any atom is -0.481 e. The Balaban J connectivity index is 1.79. The monoisotopic (exact) mass is 305 g/mol. The molecule has 0 bridgehead atoms. The van der Waals surface area contributed by atoms with Crippen LogP contribution in [0.1, 0.15) is 48.8 Å². The van der Waals surface area contributed by atoms with Gasteiger partial charge in [-0.1, -0.05) is 0 Å². The van der Waals surface area contributed by atoms with E-state index >= 15 is 0 Å². The minimum atomic E-state index is -0.776. The van der Waals surface area contributed by atoms with Crippen LogP contribution in [-0.4, -0.2) is 44.8 Å². The Hall–Kier alpha value is -1.85. The molecule has 22 heavy (non-hydrogen) atoms. The molecule has 6 nitrogen and oxygen atoms in total. The number of hydrogen-bond donors (Lipinski definition) is 1. The first-order valence-corrected chi connectivity index (χ1v) is 7.96. The van der Waals surface area contributed by atoms with Crippen LogP contribution in [0, 0.1) is 24.7 Å². The lowest BCUT2D eigenvalue weighted by molar-refractivity contribution is -0.142. The van der Waals surface area contributed by atoms with E-state index in [1.807, 2.05) is 25.5 Å². The van der Waals surface area contributed by atoms with E-state index in [1.165, 1.54) is 0 Å².